The highest BCUT2D eigenvalue weighted by Gasteiger charge is 2.14. The Kier molecular flexibility index (Phi) is 2.98. The van der Waals surface area contributed by atoms with Gasteiger partial charge in [-0.15, -0.1) is 0 Å². The van der Waals surface area contributed by atoms with E-state index in [2.05, 4.69) is 5.16 Å². The van der Waals surface area contributed by atoms with E-state index in [1.165, 1.54) is 18.2 Å². The second kappa shape index (κ2) is 4.33. The van der Waals surface area contributed by atoms with Crippen LogP contribution in [0.15, 0.2) is 22.7 Å². The van der Waals surface area contributed by atoms with Gasteiger partial charge in [-0.2, -0.15) is 13.1 Å². The highest BCUT2D eigenvalue weighted by Crippen LogP contribution is 2.23. The van der Waals surface area contributed by atoms with Crippen molar-refractivity contribution in [3.63, 3.8) is 0 Å². The summed E-state index contributed by atoms with van der Waals surface area (Å²) in [7, 11) is -3.86. The van der Waals surface area contributed by atoms with E-state index >= 15 is 0 Å². The molecule has 0 bridgehead atoms. The molecule has 0 unspecified atom stereocenters. The van der Waals surface area contributed by atoms with E-state index in [9.17, 15) is 18.5 Å². The van der Waals surface area contributed by atoms with E-state index in [1.807, 2.05) is 4.72 Å². The van der Waals surface area contributed by atoms with Gasteiger partial charge in [-0.05, 0) is 6.07 Å². The fourth-order valence-electron chi connectivity index (χ4n) is 1.39. The van der Waals surface area contributed by atoms with Crippen molar-refractivity contribution in [3.8, 4) is 0 Å². The molecule has 0 spiro atoms. The Balaban J connectivity index is 2.39. The molecule has 3 N–H and O–H groups in total. The van der Waals surface area contributed by atoms with Gasteiger partial charge in [-0.25, -0.2) is 5.14 Å². The first-order valence-corrected chi connectivity index (χ1v) is 6.21. The zero-order valence-corrected chi connectivity index (χ0v) is 9.68. The number of benzene rings is 1. The number of aromatic nitrogens is 1. The lowest BCUT2D eigenvalue weighted by Gasteiger charge is -1.98. The maximum Gasteiger partial charge on any atom is 0.274 e. The highest BCUT2D eigenvalue weighted by molar-refractivity contribution is 7.87. The Morgan fingerprint density at radius 3 is 2.83 bits per heavy atom. The van der Waals surface area contributed by atoms with Crippen LogP contribution in [0, 0.1) is 10.1 Å². The summed E-state index contributed by atoms with van der Waals surface area (Å²) in [5.41, 5.74) is 0.414. The first kappa shape index (κ1) is 12.4. The van der Waals surface area contributed by atoms with Crippen LogP contribution in [-0.4, -0.2) is 18.5 Å². The molecule has 0 amide bonds. The quantitative estimate of drug-likeness (QED) is 0.594. The minimum atomic E-state index is -3.86. The van der Waals surface area contributed by atoms with Gasteiger partial charge in [0.25, 0.3) is 15.9 Å². The average Bonchev–Trinajstić information content (AvgIpc) is 2.67. The maximum atomic E-state index is 10.7. The van der Waals surface area contributed by atoms with Gasteiger partial charge >= 0.3 is 0 Å². The molecule has 2 rings (SSSR count). The van der Waals surface area contributed by atoms with Crippen LogP contribution >= 0.6 is 0 Å². The lowest BCUT2D eigenvalue weighted by atomic mass is 10.2. The topological polar surface area (TPSA) is 141 Å². The van der Waals surface area contributed by atoms with Gasteiger partial charge in [-0.1, -0.05) is 5.16 Å². The number of non-ortho nitro benzene ring substituents is 1. The third-order valence-corrected chi connectivity index (χ3v) is 2.73. The van der Waals surface area contributed by atoms with Crippen molar-refractivity contribution in [2.45, 2.75) is 6.54 Å². The third kappa shape index (κ3) is 2.61. The molecular formula is C8H8N4O5S. The van der Waals surface area contributed by atoms with Crippen LogP contribution in [0.4, 0.5) is 5.69 Å². The average molecular weight is 272 g/mol. The van der Waals surface area contributed by atoms with Crippen LogP contribution in [0.2, 0.25) is 0 Å². The molecule has 0 aliphatic heterocycles. The van der Waals surface area contributed by atoms with Gasteiger partial charge in [0.15, 0.2) is 5.58 Å². The second-order valence-corrected chi connectivity index (χ2v) is 4.81. The van der Waals surface area contributed by atoms with Gasteiger partial charge in [0.05, 0.1) is 16.9 Å². The number of nitrogens with two attached hydrogens (primary N) is 1. The molecule has 2 aromatic rings. The van der Waals surface area contributed by atoms with Crippen molar-refractivity contribution < 1.29 is 17.9 Å². The number of rotatable bonds is 4. The van der Waals surface area contributed by atoms with Gasteiger partial charge < -0.3 is 4.52 Å². The first-order chi connectivity index (χ1) is 8.37. The molecule has 0 aliphatic carbocycles. The summed E-state index contributed by atoms with van der Waals surface area (Å²) in [4.78, 5) is 10.1. The maximum absolute atomic E-state index is 10.7. The number of nitrogens with one attached hydrogen (secondary N) is 1. The predicted octanol–water partition coefficient (Wildman–Crippen LogP) is 0.0291. The second-order valence-electron chi connectivity index (χ2n) is 3.43. The van der Waals surface area contributed by atoms with Gasteiger partial charge in [0.2, 0.25) is 0 Å². The number of nitrogens with zero attached hydrogens (tertiary/aromatic N) is 2. The molecule has 96 valence electrons. The summed E-state index contributed by atoms with van der Waals surface area (Å²) in [5, 5.41) is 19.4. The SMILES string of the molecule is NS(=O)(=O)NCc1noc2ccc([N+](=O)[O-])cc12. The summed E-state index contributed by atoms with van der Waals surface area (Å²) in [6, 6.07) is 3.91. The predicted molar refractivity (Wildman–Crippen MR) is 60.6 cm³/mol. The molecule has 0 radical (unpaired) electrons. The van der Waals surface area contributed by atoms with Crippen LogP contribution in [0.3, 0.4) is 0 Å². The van der Waals surface area contributed by atoms with Crippen LogP contribution in [0.5, 0.6) is 0 Å². The van der Waals surface area contributed by atoms with Crippen molar-refractivity contribution >= 4 is 26.9 Å². The highest BCUT2D eigenvalue weighted by atomic mass is 32.2. The van der Waals surface area contributed by atoms with E-state index in [4.69, 9.17) is 9.66 Å². The number of nitro groups is 1. The summed E-state index contributed by atoms with van der Waals surface area (Å²) in [6.45, 7) is -0.201. The van der Waals surface area contributed by atoms with Crippen molar-refractivity contribution in [1.29, 1.82) is 0 Å². The van der Waals surface area contributed by atoms with Crippen LogP contribution < -0.4 is 9.86 Å². The third-order valence-electron chi connectivity index (χ3n) is 2.18. The summed E-state index contributed by atoms with van der Waals surface area (Å²) >= 11 is 0. The molecular weight excluding hydrogens is 264 g/mol. The Labute approximate surface area is 101 Å². The van der Waals surface area contributed by atoms with Crippen molar-refractivity contribution in [2.75, 3.05) is 0 Å². The van der Waals surface area contributed by atoms with Crippen LogP contribution in [0.1, 0.15) is 5.69 Å². The molecule has 0 fully saturated rings. The Morgan fingerprint density at radius 2 is 2.22 bits per heavy atom. The summed E-state index contributed by atoms with van der Waals surface area (Å²) in [6.07, 6.45) is 0. The fraction of sp³-hybridized carbons (Fsp3) is 0.125. The molecule has 18 heavy (non-hydrogen) atoms. The van der Waals surface area contributed by atoms with E-state index in [0.717, 1.165) is 0 Å². The molecule has 0 saturated heterocycles. The van der Waals surface area contributed by atoms with Gasteiger partial charge in [0, 0.05) is 12.1 Å². The smallest absolute Gasteiger partial charge is 0.274 e. The molecule has 1 aromatic heterocycles. The molecule has 0 saturated carbocycles. The van der Waals surface area contributed by atoms with Gasteiger partial charge in [-0.3, -0.25) is 10.1 Å². The standard InChI is InChI=1S/C8H8N4O5S/c9-18(15,16)10-4-7-6-3-5(12(13)14)1-2-8(6)17-11-7/h1-3,10H,4H2,(H2,9,15,16). The van der Waals surface area contributed by atoms with Crippen molar-refractivity contribution in [3.05, 3.63) is 34.0 Å². The van der Waals surface area contributed by atoms with Crippen LogP contribution in [0.25, 0.3) is 11.0 Å². The Hall–Kier alpha value is -2.04. The molecule has 9 nitrogen and oxygen atoms in total. The largest absolute Gasteiger partial charge is 0.356 e. The van der Waals surface area contributed by atoms with E-state index in [-0.39, 0.29) is 17.9 Å². The van der Waals surface area contributed by atoms with E-state index in [1.54, 1.807) is 0 Å². The number of hydrogen-bond donors (Lipinski definition) is 2. The monoisotopic (exact) mass is 272 g/mol. The van der Waals surface area contributed by atoms with Crippen LogP contribution in [-0.2, 0) is 16.8 Å². The van der Waals surface area contributed by atoms with E-state index in [0.29, 0.717) is 11.0 Å². The minimum Gasteiger partial charge on any atom is -0.356 e. The normalized spacial score (nSPS) is 11.8. The van der Waals surface area contributed by atoms with E-state index < -0.39 is 15.1 Å². The zero-order valence-electron chi connectivity index (χ0n) is 8.86. The summed E-state index contributed by atoms with van der Waals surface area (Å²) < 4.78 is 28.4. The lowest BCUT2D eigenvalue weighted by molar-refractivity contribution is -0.384. The number of nitro benzene ring substituents is 1. The minimum absolute atomic E-state index is 0.137. The lowest BCUT2D eigenvalue weighted by Crippen LogP contribution is -2.30. The molecule has 10 heteroatoms. The Bertz CT molecular complexity index is 707. The van der Waals surface area contributed by atoms with Crippen molar-refractivity contribution in [1.82, 2.24) is 9.88 Å². The first-order valence-electron chi connectivity index (χ1n) is 4.67. The molecule has 1 heterocycles. The Morgan fingerprint density at radius 1 is 1.50 bits per heavy atom. The zero-order chi connectivity index (χ0) is 13.3. The fourth-order valence-corrected chi connectivity index (χ4v) is 1.72. The molecule has 0 aliphatic rings. The number of fused-ring (bicyclic) bond motifs is 1. The number of hydrogen-bond acceptors (Lipinski definition) is 6. The summed E-state index contributed by atoms with van der Waals surface area (Å²) in [5.74, 6) is 0. The van der Waals surface area contributed by atoms with Crippen molar-refractivity contribution in [2.24, 2.45) is 5.14 Å². The van der Waals surface area contributed by atoms with Gasteiger partial charge in [0.1, 0.15) is 5.69 Å². The molecule has 1 aromatic carbocycles. The molecule has 0 atom stereocenters.